The molecule has 31 heavy (non-hydrogen) atoms. The van der Waals surface area contributed by atoms with Crippen molar-refractivity contribution >= 4 is 28.5 Å². The van der Waals surface area contributed by atoms with Crippen LogP contribution in [0.2, 0.25) is 0 Å². The van der Waals surface area contributed by atoms with E-state index in [1.54, 1.807) is 49.4 Å². The molecule has 6 heteroatoms. The first-order valence-corrected chi connectivity index (χ1v) is 9.62. The predicted molar refractivity (Wildman–Crippen MR) is 118 cm³/mol. The Balaban J connectivity index is 1.84. The summed E-state index contributed by atoms with van der Waals surface area (Å²) in [6, 6.07) is 20.6. The number of nitrogens with one attached hydrogen (secondary N) is 1. The summed E-state index contributed by atoms with van der Waals surface area (Å²) < 4.78 is 10.9. The molecule has 4 aromatic rings. The summed E-state index contributed by atoms with van der Waals surface area (Å²) in [4.78, 5) is 38.1. The summed E-state index contributed by atoms with van der Waals surface area (Å²) in [7, 11) is 1.27. The molecule has 4 rings (SSSR count). The first-order chi connectivity index (χ1) is 15.0. The van der Waals surface area contributed by atoms with E-state index in [4.69, 9.17) is 9.15 Å². The molecule has 0 aliphatic rings. The Kier molecular flexibility index (Phi) is 5.37. The van der Waals surface area contributed by atoms with E-state index in [1.165, 1.54) is 7.11 Å². The highest BCUT2D eigenvalue weighted by atomic mass is 16.5. The third kappa shape index (κ3) is 3.71. The summed E-state index contributed by atoms with van der Waals surface area (Å²) in [5.74, 6) is -0.663. The van der Waals surface area contributed by atoms with Gasteiger partial charge < -0.3 is 14.5 Å². The van der Waals surface area contributed by atoms with Gasteiger partial charge in [0.15, 0.2) is 11.0 Å². The molecule has 1 amide bonds. The number of benzene rings is 3. The summed E-state index contributed by atoms with van der Waals surface area (Å²) in [6.45, 7) is 1.70. The molecule has 6 nitrogen and oxygen atoms in total. The number of carbonyl (C=O) groups excluding carboxylic acids is 2. The van der Waals surface area contributed by atoms with E-state index in [0.29, 0.717) is 22.4 Å². The Morgan fingerprint density at radius 2 is 1.55 bits per heavy atom. The maximum Gasteiger partial charge on any atom is 0.339 e. The molecule has 0 bridgehead atoms. The zero-order valence-corrected chi connectivity index (χ0v) is 17.0. The fraction of sp³-hybridized carbons (Fsp3) is 0.0800. The van der Waals surface area contributed by atoms with Gasteiger partial charge in [0.1, 0.15) is 5.76 Å². The fourth-order valence-electron chi connectivity index (χ4n) is 3.42. The number of esters is 1. The molecule has 1 N–H and O–H groups in total. The van der Waals surface area contributed by atoms with Crippen LogP contribution in [0.3, 0.4) is 0 Å². The molecule has 0 unspecified atom stereocenters. The third-order valence-corrected chi connectivity index (χ3v) is 5.01. The molecule has 0 fully saturated rings. The van der Waals surface area contributed by atoms with Crippen molar-refractivity contribution in [3.63, 3.8) is 0 Å². The molecule has 1 aromatic heterocycles. The van der Waals surface area contributed by atoms with Crippen molar-refractivity contribution in [2.75, 3.05) is 12.4 Å². The summed E-state index contributed by atoms with van der Waals surface area (Å²) in [5, 5.41) is 3.04. The molecule has 0 radical (unpaired) electrons. The van der Waals surface area contributed by atoms with Gasteiger partial charge in [0.2, 0.25) is 0 Å². The van der Waals surface area contributed by atoms with Gasteiger partial charge in [-0.2, -0.15) is 0 Å². The van der Waals surface area contributed by atoms with Crippen LogP contribution in [0.5, 0.6) is 0 Å². The zero-order valence-electron chi connectivity index (χ0n) is 17.0. The topological polar surface area (TPSA) is 85.6 Å². The lowest BCUT2D eigenvalue weighted by Crippen LogP contribution is -2.17. The van der Waals surface area contributed by atoms with E-state index in [1.807, 2.05) is 30.3 Å². The van der Waals surface area contributed by atoms with E-state index >= 15 is 0 Å². The van der Waals surface area contributed by atoms with Crippen molar-refractivity contribution in [2.45, 2.75) is 6.92 Å². The Labute approximate surface area is 178 Å². The molecular weight excluding hydrogens is 394 g/mol. The summed E-state index contributed by atoms with van der Waals surface area (Å²) >= 11 is 0. The Hall–Kier alpha value is -4.19. The molecule has 154 valence electrons. The van der Waals surface area contributed by atoms with Crippen LogP contribution in [-0.4, -0.2) is 19.0 Å². The Morgan fingerprint density at radius 1 is 0.871 bits per heavy atom. The highest BCUT2D eigenvalue weighted by Crippen LogP contribution is 2.28. The van der Waals surface area contributed by atoms with Crippen molar-refractivity contribution in [1.29, 1.82) is 0 Å². The maximum absolute atomic E-state index is 13.1. The van der Waals surface area contributed by atoms with Gasteiger partial charge in [-0.3, -0.25) is 9.59 Å². The quantitative estimate of drug-likeness (QED) is 0.486. The lowest BCUT2D eigenvalue weighted by atomic mass is 10.0. The van der Waals surface area contributed by atoms with Crippen LogP contribution < -0.4 is 10.7 Å². The zero-order chi connectivity index (χ0) is 22.0. The Morgan fingerprint density at radius 3 is 2.29 bits per heavy atom. The van der Waals surface area contributed by atoms with Crippen molar-refractivity contribution < 1.29 is 18.7 Å². The molecule has 0 saturated heterocycles. The SMILES string of the molecule is COC(=O)c1ccccc1NC(=O)c1cccc2c(=O)c(C)c(-c3ccccc3)oc12. The molecule has 0 saturated carbocycles. The molecule has 0 spiro atoms. The van der Waals surface area contributed by atoms with Gasteiger partial charge in [0, 0.05) is 11.1 Å². The second kappa shape index (κ2) is 8.28. The minimum Gasteiger partial charge on any atom is -0.465 e. The van der Waals surface area contributed by atoms with Crippen LogP contribution in [0, 0.1) is 6.92 Å². The second-order valence-corrected chi connectivity index (χ2v) is 6.92. The summed E-state index contributed by atoms with van der Waals surface area (Å²) in [5.41, 5.74) is 1.90. The number of hydrogen-bond donors (Lipinski definition) is 1. The second-order valence-electron chi connectivity index (χ2n) is 6.92. The van der Waals surface area contributed by atoms with E-state index in [9.17, 15) is 14.4 Å². The number of anilines is 1. The lowest BCUT2D eigenvalue weighted by molar-refractivity contribution is 0.0602. The molecular formula is C25H19NO5. The molecule has 0 atom stereocenters. The number of ether oxygens (including phenoxy) is 1. The van der Waals surface area contributed by atoms with Crippen LogP contribution in [-0.2, 0) is 4.74 Å². The monoisotopic (exact) mass is 413 g/mol. The van der Waals surface area contributed by atoms with E-state index in [0.717, 1.165) is 5.56 Å². The van der Waals surface area contributed by atoms with Gasteiger partial charge in [-0.25, -0.2) is 4.79 Å². The molecule has 1 heterocycles. The highest BCUT2D eigenvalue weighted by Gasteiger charge is 2.20. The van der Waals surface area contributed by atoms with E-state index < -0.39 is 11.9 Å². The van der Waals surface area contributed by atoms with Crippen LogP contribution >= 0.6 is 0 Å². The largest absolute Gasteiger partial charge is 0.465 e. The number of rotatable bonds is 4. The van der Waals surface area contributed by atoms with Crippen molar-refractivity contribution in [1.82, 2.24) is 0 Å². The number of hydrogen-bond acceptors (Lipinski definition) is 5. The molecule has 0 aliphatic carbocycles. The normalized spacial score (nSPS) is 10.6. The number of methoxy groups -OCH3 is 1. The number of carbonyl (C=O) groups is 2. The van der Waals surface area contributed by atoms with Crippen LogP contribution in [0.25, 0.3) is 22.3 Å². The molecule has 3 aromatic carbocycles. The van der Waals surface area contributed by atoms with Crippen LogP contribution in [0.4, 0.5) is 5.69 Å². The Bertz CT molecular complexity index is 1360. The van der Waals surface area contributed by atoms with Gasteiger partial charge >= 0.3 is 5.97 Å². The van der Waals surface area contributed by atoms with Gasteiger partial charge in [0.25, 0.3) is 5.91 Å². The van der Waals surface area contributed by atoms with Crippen molar-refractivity contribution in [3.05, 3.63) is 99.7 Å². The first-order valence-electron chi connectivity index (χ1n) is 9.62. The van der Waals surface area contributed by atoms with E-state index in [2.05, 4.69) is 5.32 Å². The van der Waals surface area contributed by atoms with Crippen molar-refractivity contribution in [2.24, 2.45) is 0 Å². The third-order valence-electron chi connectivity index (χ3n) is 5.01. The van der Waals surface area contributed by atoms with Gasteiger partial charge in [-0.05, 0) is 31.2 Å². The van der Waals surface area contributed by atoms with E-state index in [-0.39, 0.29) is 22.1 Å². The number of para-hydroxylation sites is 2. The van der Waals surface area contributed by atoms with Crippen LogP contribution in [0.1, 0.15) is 26.3 Å². The highest BCUT2D eigenvalue weighted by molar-refractivity contribution is 6.13. The van der Waals surface area contributed by atoms with Gasteiger partial charge in [-0.15, -0.1) is 0 Å². The number of fused-ring (bicyclic) bond motifs is 1. The minimum atomic E-state index is -0.567. The smallest absolute Gasteiger partial charge is 0.339 e. The molecule has 0 aliphatic heterocycles. The van der Waals surface area contributed by atoms with Crippen LogP contribution in [0.15, 0.2) is 82.0 Å². The lowest BCUT2D eigenvalue weighted by Gasteiger charge is -2.12. The fourth-order valence-corrected chi connectivity index (χ4v) is 3.42. The first kappa shape index (κ1) is 20.1. The van der Waals surface area contributed by atoms with Gasteiger partial charge in [-0.1, -0.05) is 48.5 Å². The minimum absolute atomic E-state index is 0.185. The maximum atomic E-state index is 13.1. The van der Waals surface area contributed by atoms with Gasteiger partial charge in [0.05, 0.1) is 29.3 Å². The number of amides is 1. The average molecular weight is 413 g/mol. The summed E-state index contributed by atoms with van der Waals surface area (Å²) in [6.07, 6.45) is 0. The predicted octanol–water partition coefficient (Wildman–Crippen LogP) is 4.81. The standard InChI is InChI=1S/C25H19NO5/c1-15-21(27)18-12-8-13-19(23(18)31-22(15)16-9-4-3-5-10-16)24(28)26-20-14-7-6-11-17(20)25(29)30-2/h3-14H,1-2H3,(H,26,28). The van der Waals surface area contributed by atoms with Crippen molar-refractivity contribution in [3.8, 4) is 11.3 Å². The average Bonchev–Trinajstić information content (AvgIpc) is 2.81.